The van der Waals surface area contributed by atoms with Crippen molar-refractivity contribution in [2.24, 2.45) is 7.05 Å². The van der Waals surface area contributed by atoms with Crippen molar-refractivity contribution in [1.29, 1.82) is 0 Å². The fraction of sp³-hybridized carbons (Fsp3) is 0.417. The van der Waals surface area contributed by atoms with Crippen LogP contribution in [-0.4, -0.2) is 25.7 Å². The van der Waals surface area contributed by atoms with Crippen LogP contribution >= 0.6 is 0 Å². The van der Waals surface area contributed by atoms with Gasteiger partial charge in [-0.25, -0.2) is 4.98 Å². The maximum atomic E-state index is 12.2. The van der Waals surface area contributed by atoms with Crippen molar-refractivity contribution in [1.82, 2.24) is 25.1 Å². The molecular formula is C12H17N5O. The number of rotatable bonds is 3. The van der Waals surface area contributed by atoms with Gasteiger partial charge in [0, 0.05) is 25.1 Å². The van der Waals surface area contributed by atoms with E-state index in [0.717, 1.165) is 17.2 Å². The summed E-state index contributed by atoms with van der Waals surface area (Å²) in [5.74, 6) is 0.615. The van der Waals surface area contributed by atoms with Crippen LogP contribution in [0.25, 0.3) is 0 Å². The monoisotopic (exact) mass is 247 g/mol. The Morgan fingerprint density at radius 2 is 2.22 bits per heavy atom. The van der Waals surface area contributed by atoms with Gasteiger partial charge in [0.1, 0.15) is 5.82 Å². The standard InChI is InChI=1S/C12H17N5O/c1-7-10(9(3)17(4)16-7)12(18)15-8(2)11-13-5-6-14-11/h5-6,8H,1-4H3,(H,13,14)(H,15,18). The van der Waals surface area contributed by atoms with Gasteiger partial charge in [-0.3, -0.25) is 9.48 Å². The molecule has 6 nitrogen and oxygen atoms in total. The molecular weight excluding hydrogens is 230 g/mol. The first-order valence-electron chi connectivity index (χ1n) is 5.81. The molecule has 0 saturated heterocycles. The number of aryl methyl sites for hydroxylation is 2. The zero-order chi connectivity index (χ0) is 13.3. The van der Waals surface area contributed by atoms with Crippen molar-refractivity contribution >= 4 is 5.91 Å². The van der Waals surface area contributed by atoms with Crippen LogP contribution < -0.4 is 5.32 Å². The van der Waals surface area contributed by atoms with Crippen molar-refractivity contribution in [2.45, 2.75) is 26.8 Å². The third-order valence-corrected chi connectivity index (χ3v) is 3.01. The number of hydrogen-bond donors (Lipinski definition) is 2. The molecule has 1 atom stereocenters. The quantitative estimate of drug-likeness (QED) is 0.857. The minimum atomic E-state index is -0.161. The van der Waals surface area contributed by atoms with Crippen molar-refractivity contribution < 1.29 is 4.79 Å². The van der Waals surface area contributed by atoms with Crippen LogP contribution in [0.2, 0.25) is 0 Å². The van der Waals surface area contributed by atoms with Gasteiger partial charge in [-0.1, -0.05) is 0 Å². The van der Waals surface area contributed by atoms with E-state index in [1.807, 2.05) is 27.8 Å². The van der Waals surface area contributed by atoms with E-state index >= 15 is 0 Å². The molecule has 0 aromatic carbocycles. The van der Waals surface area contributed by atoms with Gasteiger partial charge < -0.3 is 10.3 Å². The molecule has 2 N–H and O–H groups in total. The van der Waals surface area contributed by atoms with Gasteiger partial charge in [-0.15, -0.1) is 0 Å². The van der Waals surface area contributed by atoms with Gasteiger partial charge in [0.25, 0.3) is 5.91 Å². The summed E-state index contributed by atoms with van der Waals surface area (Å²) in [7, 11) is 1.83. The third-order valence-electron chi connectivity index (χ3n) is 3.01. The summed E-state index contributed by atoms with van der Waals surface area (Å²) < 4.78 is 1.71. The van der Waals surface area contributed by atoms with Crippen LogP contribution in [-0.2, 0) is 7.05 Å². The second kappa shape index (κ2) is 4.64. The Morgan fingerprint density at radius 1 is 1.50 bits per heavy atom. The zero-order valence-corrected chi connectivity index (χ0v) is 11.0. The van der Waals surface area contributed by atoms with Crippen LogP contribution in [0.15, 0.2) is 12.4 Å². The lowest BCUT2D eigenvalue weighted by atomic mass is 10.1. The average molecular weight is 247 g/mol. The summed E-state index contributed by atoms with van der Waals surface area (Å²) in [6.45, 7) is 5.60. The summed E-state index contributed by atoms with van der Waals surface area (Å²) in [5.41, 5.74) is 2.23. The molecule has 0 aliphatic carbocycles. The lowest BCUT2D eigenvalue weighted by molar-refractivity contribution is 0.0937. The number of H-pyrrole nitrogens is 1. The van der Waals surface area contributed by atoms with Gasteiger partial charge in [-0.05, 0) is 20.8 Å². The lowest BCUT2D eigenvalue weighted by Gasteiger charge is -2.11. The molecule has 1 amide bonds. The van der Waals surface area contributed by atoms with Crippen molar-refractivity contribution in [3.63, 3.8) is 0 Å². The van der Waals surface area contributed by atoms with Crippen molar-refractivity contribution in [3.05, 3.63) is 35.2 Å². The number of carbonyl (C=O) groups excluding carboxylic acids is 1. The van der Waals surface area contributed by atoms with Crippen LogP contribution in [0.4, 0.5) is 0 Å². The van der Waals surface area contributed by atoms with E-state index in [1.54, 1.807) is 17.1 Å². The van der Waals surface area contributed by atoms with Gasteiger partial charge in [0.15, 0.2) is 0 Å². The SMILES string of the molecule is Cc1nn(C)c(C)c1C(=O)NC(C)c1ncc[nH]1. The second-order valence-electron chi connectivity index (χ2n) is 4.34. The number of nitrogens with zero attached hydrogens (tertiary/aromatic N) is 3. The second-order valence-corrected chi connectivity index (χ2v) is 4.34. The number of aromatic nitrogens is 4. The van der Waals surface area contributed by atoms with Gasteiger partial charge in [0.2, 0.25) is 0 Å². The molecule has 0 fully saturated rings. The fourth-order valence-corrected chi connectivity index (χ4v) is 1.95. The Hall–Kier alpha value is -2.11. The van der Waals surface area contributed by atoms with Crippen LogP contribution in [0.1, 0.15) is 40.5 Å². The largest absolute Gasteiger partial charge is 0.347 e. The molecule has 1 unspecified atom stereocenters. The fourth-order valence-electron chi connectivity index (χ4n) is 1.95. The molecule has 96 valence electrons. The first-order valence-corrected chi connectivity index (χ1v) is 5.81. The van der Waals surface area contributed by atoms with Crippen LogP contribution in [0.3, 0.4) is 0 Å². The highest BCUT2D eigenvalue weighted by molar-refractivity contribution is 5.96. The smallest absolute Gasteiger partial charge is 0.255 e. The molecule has 2 aromatic heterocycles. The molecule has 0 aliphatic heterocycles. The molecule has 2 heterocycles. The predicted molar refractivity (Wildman–Crippen MR) is 67.2 cm³/mol. The minimum Gasteiger partial charge on any atom is -0.347 e. The average Bonchev–Trinajstić information content (AvgIpc) is 2.88. The lowest BCUT2D eigenvalue weighted by Crippen LogP contribution is -2.28. The number of carbonyl (C=O) groups is 1. The van der Waals surface area contributed by atoms with E-state index in [-0.39, 0.29) is 11.9 Å². The first kappa shape index (κ1) is 12.3. The number of hydrogen-bond acceptors (Lipinski definition) is 3. The summed E-state index contributed by atoms with van der Waals surface area (Å²) in [4.78, 5) is 19.3. The van der Waals surface area contributed by atoms with Crippen molar-refractivity contribution in [3.8, 4) is 0 Å². The third kappa shape index (κ3) is 2.13. The number of amides is 1. The van der Waals surface area contributed by atoms with E-state index in [9.17, 15) is 4.79 Å². The molecule has 0 aliphatic rings. The van der Waals surface area contributed by atoms with E-state index < -0.39 is 0 Å². The molecule has 2 rings (SSSR count). The van der Waals surface area contributed by atoms with E-state index in [0.29, 0.717) is 5.56 Å². The molecule has 6 heteroatoms. The Morgan fingerprint density at radius 3 is 2.72 bits per heavy atom. The molecule has 0 spiro atoms. The van der Waals surface area contributed by atoms with E-state index in [4.69, 9.17) is 0 Å². The number of aromatic amines is 1. The Bertz CT molecular complexity index is 555. The van der Waals surface area contributed by atoms with Gasteiger partial charge in [0.05, 0.1) is 17.3 Å². The summed E-state index contributed by atoms with van der Waals surface area (Å²) in [6, 6.07) is -0.161. The Kier molecular flexibility index (Phi) is 3.18. The van der Waals surface area contributed by atoms with Crippen LogP contribution in [0.5, 0.6) is 0 Å². The van der Waals surface area contributed by atoms with Gasteiger partial charge >= 0.3 is 0 Å². The summed E-state index contributed by atoms with van der Waals surface area (Å²) in [6.07, 6.45) is 3.40. The maximum absolute atomic E-state index is 12.2. The highest BCUT2D eigenvalue weighted by Crippen LogP contribution is 2.14. The summed E-state index contributed by atoms with van der Waals surface area (Å²) >= 11 is 0. The highest BCUT2D eigenvalue weighted by Gasteiger charge is 2.19. The van der Waals surface area contributed by atoms with Crippen LogP contribution in [0, 0.1) is 13.8 Å². The van der Waals surface area contributed by atoms with Gasteiger partial charge in [-0.2, -0.15) is 5.10 Å². The first-order chi connectivity index (χ1) is 8.50. The predicted octanol–water partition coefficient (Wildman–Crippen LogP) is 1.25. The maximum Gasteiger partial charge on any atom is 0.255 e. The highest BCUT2D eigenvalue weighted by atomic mass is 16.1. The number of imidazole rings is 1. The molecule has 18 heavy (non-hydrogen) atoms. The summed E-state index contributed by atoms with van der Waals surface area (Å²) in [5, 5.41) is 7.14. The molecule has 0 bridgehead atoms. The zero-order valence-electron chi connectivity index (χ0n) is 11.0. The minimum absolute atomic E-state index is 0.123. The number of nitrogens with one attached hydrogen (secondary N) is 2. The van der Waals surface area contributed by atoms with E-state index in [2.05, 4.69) is 20.4 Å². The van der Waals surface area contributed by atoms with Crippen molar-refractivity contribution in [2.75, 3.05) is 0 Å². The van der Waals surface area contributed by atoms with E-state index in [1.165, 1.54) is 0 Å². The molecule has 2 aromatic rings. The topological polar surface area (TPSA) is 75.6 Å². The normalized spacial score (nSPS) is 12.4. The Balaban J connectivity index is 2.17. The molecule has 0 saturated carbocycles. The molecule has 0 radical (unpaired) electrons. The Labute approximate surface area is 105 Å².